The van der Waals surface area contributed by atoms with Gasteiger partial charge in [-0.25, -0.2) is 0 Å². The van der Waals surface area contributed by atoms with Crippen LogP contribution < -0.4 is 14.8 Å². The highest BCUT2D eigenvalue weighted by Gasteiger charge is 2.43. The van der Waals surface area contributed by atoms with Crippen molar-refractivity contribution in [2.75, 3.05) is 60.3 Å². The summed E-state index contributed by atoms with van der Waals surface area (Å²) in [6, 6.07) is 6.17. The van der Waals surface area contributed by atoms with Crippen LogP contribution in [0, 0.1) is 17.3 Å². The van der Waals surface area contributed by atoms with Gasteiger partial charge in [-0.15, -0.1) is 0 Å². The molecule has 1 fully saturated rings. The summed E-state index contributed by atoms with van der Waals surface area (Å²) in [5.41, 5.74) is 0.805. The molecule has 2 rings (SSSR count). The Morgan fingerprint density at radius 3 is 2.30 bits per heavy atom. The van der Waals surface area contributed by atoms with E-state index in [1.807, 2.05) is 11.0 Å². The van der Waals surface area contributed by atoms with Gasteiger partial charge in [0.1, 0.15) is 0 Å². The summed E-state index contributed by atoms with van der Waals surface area (Å²) in [6.45, 7) is 12.7. The van der Waals surface area contributed by atoms with Gasteiger partial charge in [0, 0.05) is 46.2 Å². The van der Waals surface area contributed by atoms with E-state index < -0.39 is 5.41 Å². The van der Waals surface area contributed by atoms with Crippen molar-refractivity contribution in [2.24, 2.45) is 17.3 Å². The second-order valence-corrected chi connectivity index (χ2v) is 11.4. The number of amides is 2. The Hall–Kier alpha value is -2.32. The Morgan fingerprint density at radius 1 is 0.950 bits per heavy atom. The third kappa shape index (κ3) is 10.3. The predicted molar refractivity (Wildman–Crippen MR) is 159 cm³/mol. The van der Waals surface area contributed by atoms with Crippen molar-refractivity contribution in [3.8, 4) is 11.5 Å². The van der Waals surface area contributed by atoms with Gasteiger partial charge in [0.15, 0.2) is 11.5 Å². The maximum atomic E-state index is 13.5. The molecule has 1 aromatic carbocycles. The van der Waals surface area contributed by atoms with Crippen molar-refractivity contribution in [3.05, 3.63) is 23.8 Å². The van der Waals surface area contributed by atoms with Gasteiger partial charge in [-0.05, 0) is 48.8 Å². The first-order valence-corrected chi connectivity index (χ1v) is 15.2. The zero-order chi connectivity index (χ0) is 29.4. The second kappa shape index (κ2) is 18.2. The zero-order valence-electron chi connectivity index (χ0n) is 25.9. The van der Waals surface area contributed by atoms with E-state index in [0.717, 1.165) is 56.4 Å². The highest BCUT2D eigenvalue weighted by molar-refractivity contribution is 5.84. The summed E-state index contributed by atoms with van der Waals surface area (Å²) in [5.74, 6) is 2.14. The molecule has 1 N–H and O–H groups in total. The fourth-order valence-electron chi connectivity index (χ4n) is 5.78. The smallest absolute Gasteiger partial charge is 0.226 e. The lowest BCUT2D eigenvalue weighted by atomic mass is 9.65. The van der Waals surface area contributed by atoms with Crippen LogP contribution in [0.4, 0.5) is 0 Å². The molecule has 0 bridgehead atoms. The van der Waals surface area contributed by atoms with E-state index in [1.54, 1.807) is 14.2 Å². The molecule has 1 heterocycles. The van der Waals surface area contributed by atoms with Gasteiger partial charge < -0.3 is 29.2 Å². The van der Waals surface area contributed by atoms with Crippen molar-refractivity contribution < 1.29 is 28.5 Å². The standard InChI is InChI=1S/C32H54N2O6/c1-25(2)32(26(3)4,31(36)33-17-15-30(35)34-18-22-39-23-19-34)16-10-8-7-9-12-27-13-14-28(38-6)29(24-27)40-21-11-20-37-5/h13-14,24-26H,7-12,15-23H2,1-6H3,(H,33,36). The summed E-state index contributed by atoms with van der Waals surface area (Å²) in [7, 11) is 3.36. The average molecular weight is 563 g/mol. The SMILES string of the molecule is COCCCOc1cc(CCCCCCC(C(=O)NCCC(=O)N2CCOCC2)(C(C)C)C(C)C)ccc1OC. The Balaban J connectivity index is 1.81. The largest absolute Gasteiger partial charge is 0.493 e. The first kappa shape index (κ1) is 33.9. The van der Waals surface area contributed by atoms with E-state index in [4.69, 9.17) is 18.9 Å². The monoisotopic (exact) mass is 562 g/mol. The number of carbonyl (C=O) groups excluding carboxylic acids is 2. The third-order valence-electron chi connectivity index (χ3n) is 8.26. The normalized spacial score (nSPS) is 14.1. The quantitative estimate of drug-likeness (QED) is 0.231. The van der Waals surface area contributed by atoms with Gasteiger partial charge in [0.25, 0.3) is 0 Å². The third-order valence-corrected chi connectivity index (χ3v) is 8.26. The highest BCUT2D eigenvalue weighted by atomic mass is 16.5. The Kier molecular flexibility index (Phi) is 15.4. The molecule has 8 nitrogen and oxygen atoms in total. The number of nitrogens with zero attached hydrogens (tertiary/aromatic N) is 1. The fraction of sp³-hybridized carbons (Fsp3) is 0.750. The van der Waals surface area contributed by atoms with E-state index in [1.165, 1.54) is 5.56 Å². The molecular weight excluding hydrogens is 508 g/mol. The number of unbranched alkanes of at least 4 members (excludes halogenated alkanes) is 3. The summed E-state index contributed by atoms with van der Waals surface area (Å²) in [4.78, 5) is 27.8. The Labute approximate surface area is 242 Å². The number of morpholine rings is 1. The molecule has 1 saturated heterocycles. The van der Waals surface area contributed by atoms with Gasteiger partial charge in [-0.2, -0.15) is 0 Å². The van der Waals surface area contributed by atoms with Crippen LogP contribution in [0.25, 0.3) is 0 Å². The van der Waals surface area contributed by atoms with Crippen molar-refractivity contribution in [1.29, 1.82) is 0 Å². The molecule has 0 unspecified atom stereocenters. The number of hydrogen-bond donors (Lipinski definition) is 1. The number of carbonyl (C=O) groups is 2. The van der Waals surface area contributed by atoms with Crippen LogP contribution in [0.2, 0.25) is 0 Å². The van der Waals surface area contributed by atoms with E-state index in [0.29, 0.717) is 52.5 Å². The maximum Gasteiger partial charge on any atom is 0.226 e. The highest BCUT2D eigenvalue weighted by Crippen LogP contribution is 2.41. The van der Waals surface area contributed by atoms with E-state index in [-0.39, 0.29) is 23.7 Å². The van der Waals surface area contributed by atoms with Gasteiger partial charge in [-0.3, -0.25) is 9.59 Å². The predicted octanol–water partition coefficient (Wildman–Crippen LogP) is 5.27. The lowest BCUT2D eigenvalue weighted by Gasteiger charge is -2.40. The van der Waals surface area contributed by atoms with Crippen LogP contribution in [0.15, 0.2) is 18.2 Å². The maximum absolute atomic E-state index is 13.5. The van der Waals surface area contributed by atoms with Crippen molar-refractivity contribution in [3.63, 3.8) is 0 Å². The van der Waals surface area contributed by atoms with Gasteiger partial charge >= 0.3 is 0 Å². The summed E-state index contributed by atoms with van der Waals surface area (Å²) in [6.07, 6.45) is 7.29. The molecule has 0 radical (unpaired) electrons. The van der Waals surface area contributed by atoms with Gasteiger partial charge in [0.2, 0.25) is 11.8 Å². The lowest BCUT2D eigenvalue weighted by molar-refractivity contribution is -0.138. The molecule has 40 heavy (non-hydrogen) atoms. The van der Waals surface area contributed by atoms with Crippen molar-refractivity contribution >= 4 is 11.8 Å². The lowest BCUT2D eigenvalue weighted by Crippen LogP contribution is -2.49. The topological polar surface area (TPSA) is 86.3 Å². The molecule has 0 aromatic heterocycles. The molecule has 1 aliphatic heterocycles. The molecule has 8 heteroatoms. The number of aryl methyl sites for hydroxylation is 1. The Morgan fingerprint density at radius 2 is 1.65 bits per heavy atom. The first-order valence-electron chi connectivity index (χ1n) is 15.2. The van der Waals surface area contributed by atoms with Gasteiger partial charge in [0.05, 0.1) is 32.3 Å². The van der Waals surface area contributed by atoms with Crippen molar-refractivity contribution in [1.82, 2.24) is 10.2 Å². The van der Waals surface area contributed by atoms with Crippen LogP contribution in [-0.2, 0) is 25.5 Å². The molecule has 0 saturated carbocycles. The number of hydrogen-bond acceptors (Lipinski definition) is 6. The molecule has 1 aromatic rings. The number of ether oxygens (including phenoxy) is 4. The molecular formula is C32H54N2O6. The number of benzene rings is 1. The molecule has 2 amide bonds. The van der Waals surface area contributed by atoms with Crippen LogP contribution in [0.3, 0.4) is 0 Å². The van der Waals surface area contributed by atoms with Crippen LogP contribution in [-0.4, -0.2) is 77.0 Å². The van der Waals surface area contributed by atoms with Crippen LogP contribution >= 0.6 is 0 Å². The van der Waals surface area contributed by atoms with E-state index in [9.17, 15) is 9.59 Å². The average Bonchev–Trinajstić information content (AvgIpc) is 2.95. The van der Waals surface area contributed by atoms with E-state index in [2.05, 4.69) is 45.1 Å². The molecule has 228 valence electrons. The molecule has 0 aliphatic carbocycles. The summed E-state index contributed by atoms with van der Waals surface area (Å²) in [5, 5.41) is 3.12. The number of methoxy groups -OCH3 is 2. The van der Waals surface area contributed by atoms with Crippen molar-refractivity contribution in [2.45, 2.75) is 79.1 Å². The van der Waals surface area contributed by atoms with Crippen LogP contribution in [0.5, 0.6) is 11.5 Å². The first-order chi connectivity index (χ1) is 19.3. The minimum absolute atomic E-state index is 0.0866. The minimum Gasteiger partial charge on any atom is -0.493 e. The summed E-state index contributed by atoms with van der Waals surface area (Å²) >= 11 is 0. The summed E-state index contributed by atoms with van der Waals surface area (Å²) < 4.78 is 21.8. The van der Waals surface area contributed by atoms with E-state index >= 15 is 0 Å². The second-order valence-electron chi connectivity index (χ2n) is 11.4. The zero-order valence-corrected chi connectivity index (χ0v) is 25.9. The number of rotatable bonds is 19. The van der Waals surface area contributed by atoms with Crippen LogP contribution in [0.1, 0.15) is 78.2 Å². The molecule has 0 atom stereocenters. The fourth-order valence-corrected chi connectivity index (χ4v) is 5.78. The van der Waals surface area contributed by atoms with Gasteiger partial charge in [-0.1, -0.05) is 53.0 Å². The Bertz CT molecular complexity index is 874. The molecule has 0 spiro atoms. The number of nitrogens with one attached hydrogen (secondary N) is 1. The molecule has 1 aliphatic rings. The minimum atomic E-state index is -0.437.